The van der Waals surface area contributed by atoms with Crippen LogP contribution in [0.15, 0.2) is 29.3 Å². The van der Waals surface area contributed by atoms with Gasteiger partial charge in [0.2, 0.25) is 0 Å². The number of para-hydroxylation sites is 2. The number of hydrogen-bond acceptors (Lipinski definition) is 3. The molecule has 114 valence electrons. The molecule has 1 aromatic rings. The molecule has 2 aliphatic rings. The summed E-state index contributed by atoms with van der Waals surface area (Å²) >= 11 is 0. The fraction of sp³-hybridized carbons (Fsp3) is 0.588. The summed E-state index contributed by atoms with van der Waals surface area (Å²) in [5.74, 6) is 1.25. The molecular formula is C17H25N3O. The number of ether oxygens (including phenoxy) is 1. The molecule has 21 heavy (non-hydrogen) atoms. The van der Waals surface area contributed by atoms with E-state index >= 15 is 0 Å². The van der Waals surface area contributed by atoms with E-state index in [4.69, 9.17) is 9.73 Å². The molecule has 2 heterocycles. The van der Waals surface area contributed by atoms with Crippen molar-refractivity contribution in [2.75, 3.05) is 44.3 Å². The number of nitrogens with zero attached hydrogens (tertiary/aromatic N) is 3. The molecule has 2 saturated heterocycles. The largest absolute Gasteiger partial charge is 0.378 e. The Hall–Kier alpha value is -1.55. The number of likely N-dealkylation sites (tertiary alicyclic amines) is 1. The van der Waals surface area contributed by atoms with Gasteiger partial charge in [-0.15, -0.1) is 0 Å². The summed E-state index contributed by atoms with van der Waals surface area (Å²) in [4.78, 5) is 9.81. The van der Waals surface area contributed by atoms with Gasteiger partial charge in [-0.1, -0.05) is 12.1 Å². The maximum Gasteiger partial charge on any atom is 0.105 e. The van der Waals surface area contributed by atoms with Crippen molar-refractivity contribution in [3.05, 3.63) is 24.3 Å². The molecule has 0 aromatic heterocycles. The van der Waals surface area contributed by atoms with Crippen LogP contribution >= 0.6 is 0 Å². The Labute approximate surface area is 127 Å². The molecule has 0 unspecified atom stereocenters. The van der Waals surface area contributed by atoms with Crippen LogP contribution in [0.1, 0.15) is 26.2 Å². The summed E-state index contributed by atoms with van der Waals surface area (Å²) in [6.07, 6.45) is 3.65. The third-order valence-corrected chi connectivity index (χ3v) is 4.31. The molecule has 0 radical (unpaired) electrons. The maximum absolute atomic E-state index is 5.46. The Morgan fingerprint density at radius 1 is 1.10 bits per heavy atom. The highest BCUT2D eigenvalue weighted by atomic mass is 16.5. The first kappa shape index (κ1) is 14.4. The first-order valence-corrected chi connectivity index (χ1v) is 8.12. The summed E-state index contributed by atoms with van der Waals surface area (Å²) < 4.78 is 5.46. The molecular weight excluding hydrogens is 262 g/mol. The minimum Gasteiger partial charge on any atom is -0.378 e. The van der Waals surface area contributed by atoms with E-state index in [1.165, 1.54) is 24.4 Å². The molecule has 4 nitrogen and oxygen atoms in total. The number of morpholine rings is 1. The molecule has 0 amide bonds. The quantitative estimate of drug-likeness (QED) is 0.855. The Bertz CT molecular complexity index is 495. The fourth-order valence-corrected chi connectivity index (χ4v) is 3.11. The van der Waals surface area contributed by atoms with Crippen LogP contribution in [0.2, 0.25) is 0 Å². The SMILES string of the molecule is CCN1CCCC/C1=N\c1ccccc1N1CCOCC1. The lowest BCUT2D eigenvalue weighted by Gasteiger charge is -2.31. The lowest BCUT2D eigenvalue weighted by molar-refractivity contribution is 0.123. The Kier molecular flexibility index (Phi) is 4.76. The van der Waals surface area contributed by atoms with E-state index in [1.54, 1.807) is 0 Å². The predicted octanol–water partition coefficient (Wildman–Crippen LogP) is 3.06. The third-order valence-electron chi connectivity index (χ3n) is 4.31. The lowest BCUT2D eigenvalue weighted by atomic mass is 10.1. The molecule has 2 fully saturated rings. The van der Waals surface area contributed by atoms with E-state index in [9.17, 15) is 0 Å². The lowest BCUT2D eigenvalue weighted by Crippen LogP contribution is -2.36. The third kappa shape index (κ3) is 3.38. The molecule has 0 spiro atoms. The first-order valence-electron chi connectivity index (χ1n) is 8.12. The van der Waals surface area contributed by atoms with Crippen LogP contribution in [0.5, 0.6) is 0 Å². The zero-order valence-corrected chi connectivity index (χ0v) is 12.9. The van der Waals surface area contributed by atoms with Gasteiger partial charge in [-0.2, -0.15) is 0 Å². The van der Waals surface area contributed by atoms with Crippen LogP contribution in [0, 0.1) is 0 Å². The minimum atomic E-state index is 0.811. The maximum atomic E-state index is 5.46. The van der Waals surface area contributed by atoms with Gasteiger partial charge in [0, 0.05) is 32.6 Å². The van der Waals surface area contributed by atoms with Crippen LogP contribution in [0.25, 0.3) is 0 Å². The van der Waals surface area contributed by atoms with Crippen molar-refractivity contribution in [3.63, 3.8) is 0 Å². The zero-order valence-electron chi connectivity index (χ0n) is 12.9. The molecule has 2 aliphatic heterocycles. The Morgan fingerprint density at radius 3 is 2.71 bits per heavy atom. The van der Waals surface area contributed by atoms with Crippen molar-refractivity contribution in [1.29, 1.82) is 0 Å². The van der Waals surface area contributed by atoms with Crippen molar-refractivity contribution in [1.82, 2.24) is 4.90 Å². The van der Waals surface area contributed by atoms with Crippen molar-refractivity contribution in [2.24, 2.45) is 4.99 Å². The highest BCUT2D eigenvalue weighted by Crippen LogP contribution is 2.30. The normalized spacial score (nSPS) is 21.9. The number of aliphatic imine (C=N–C) groups is 1. The summed E-state index contributed by atoms with van der Waals surface area (Å²) in [6, 6.07) is 8.51. The molecule has 0 bridgehead atoms. The number of piperidine rings is 1. The van der Waals surface area contributed by atoms with E-state index in [0.29, 0.717) is 0 Å². The smallest absolute Gasteiger partial charge is 0.105 e. The monoisotopic (exact) mass is 287 g/mol. The molecule has 3 rings (SSSR count). The van der Waals surface area contributed by atoms with Crippen LogP contribution in [-0.2, 0) is 4.74 Å². The Morgan fingerprint density at radius 2 is 1.90 bits per heavy atom. The predicted molar refractivity (Wildman–Crippen MR) is 87.7 cm³/mol. The summed E-state index contributed by atoms with van der Waals surface area (Å²) in [6.45, 7) is 7.96. The standard InChI is InChI=1S/C17H25N3O/c1-2-19-10-6-5-9-17(19)18-15-7-3-4-8-16(15)20-11-13-21-14-12-20/h3-4,7-8H,2,5-6,9-14H2,1H3/b18-17+. The van der Waals surface area contributed by atoms with Gasteiger partial charge in [-0.25, -0.2) is 4.99 Å². The zero-order chi connectivity index (χ0) is 14.5. The summed E-state index contributed by atoms with van der Waals surface area (Å²) in [7, 11) is 0. The van der Waals surface area contributed by atoms with Crippen LogP contribution < -0.4 is 4.90 Å². The van der Waals surface area contributed by atoms with Gasteiger partial charge in [0.25, 0.3) is 0 Å². The highest BCUT2D eigenvalue weighted by molar-refractivity contribution is 5.87. The molecule has 0 saturated carbocycles. The average Bonchev–Trinajstić information content (AvgIpc) is 2.57. The first-order chi connectivity index (χ1) is 10.4. The van der Waals surface area contributed by atoms with Crippen LogP contribution in [0.3, 0.4) is 0 Å². The molecule has 0 N–H and O–H groups in total. The van der Waals surface area contributed by atoms with Gasteiger partial charge in [-0.05, 0) is 31.9 Å². The molecule has 4 heteroatoms. The van der Waals surface area contributed by atoms with Crippen molar-refractivity contribution >= 4 is 17.2 Å². The summed E-state index contributed by atoms with van der Waals surface area (Å²) in [5, 5.41) is 0. The van der Waals surface area contributed by atoms with Gasteiger partial charge in [0.05, 0.1) is 24.6 Å². The topological polar surface area (TPSA) is 28.1 Å². The van der Waals surface area contributed by atoms with Crippen LogP contribution in [0.4, 0.5) is 11.4 Å². The van der Waals surface area contributed by atoms with E-state index in [1.807, 2.05) is 0 Å². The van der Waals surface area contributed by atoms with Gasteiger partial charge in [0.15, 0.2) is 0 Å². The van der Waals surface area contributed by atoms with Crippen molar-refractivity contribution in [2.45, 2.75) is 26.2 Å². The van der Waals surface area contributed by atoms with Crippen molar-refractivity contribution < 1.29 is 4.74 Å². The molecule has 0 aliphatic carbocycles. The van der Waals surface area contributed by atoms with Gasteiger partial charge in [-0.3, -0.25) is 0 Å². The second-order valence-electron chi connectivity index (χ2n) is 5.65. The molecule has 1 aromatic carbocycles. The number of anilines is 1. The second-order valence-corrected chi connectivity index (χ2v) is 5.65. The van der Waals surface area contributed by atoms with Crippen LogP contribution in [-0.4, -0.2) is 50.1 Å². The van der Waals surface area contributed by atoms with E-state index < -0.39 is 0 Å². The summed E-state index contributed by atoms with van der Waals surface area (Å²) in [5.41, 5.74) is 2.35. The highest BCUT2D eigenvalue weighted by Gasteiger charge is 2.17. The fourth-order valence-electron chi connectivity index (χ4n) is 3.11. The van der Waals surface area contributed by atoms with E-state index in [2.05, 4.69) is 41.0 Å². The minimum absolute atomic E-state index is 0.811. The second kappa shape index (κ2) is 6.94. The van der Waals surface area contributed by atoms with Gasteiger partial charge in [0.1, 0.15) is 5.84 Å². The Balaban J connectivity index is 1.87. The average molecular weight is 287 g/mol. The number of rotatable bonds is 3. The van der Waals surface area contributed by atoms with Gasteiger partial charge >= 0.3 is 0 Å². The number of benzene rings is 1. The van der Waals surface area contributed by atoms with E-state index in [-0.39, 0.29) is 0 Å². The molecule has 0 atom stereocenters. The number of amidine groups is 1. The van der Waals surface area contributed by atoms with Gasteiger partial charge < -0.3 is 14.5 Å². The van der Waals surface area contributed by atoms with E-state index in [0.717, 1.165) is 51.5 Å². The number of hydrogen-bond donors (Lipinski definition) is 0. The van der Waals surface area contributed by atoms with Crippen molar-refractivity contribution in [3.8, 4) is 0 Å².